The normalized spacial score (nSPS) is 14.0. The van der Waals surface area contributed by atoms with Crippen LogP contribution in [-0.4, -0.2) is 40.7 Å². The van der Waals surface area contributed by atoms with Gasteiger partial charge < -0.3 is 14.2 Å². The third-order valence-corrected chi connectivity index (χ3v) is 5.20. The zero-order valence-corrected chi connectivity index (χ0v) is 18.3. The number of thiazole rings is 1. The van der Waals surface area contributed by atoms with Gasteiger partial charge in [0.2, 0.25) is 11.8 Å². The largest absolute Gasteiger partial charge is 0.475 e. The summed E-state index contributed by atoms with van der Waals surface area (Å²) >= 11 is 1.25. The zero-order chi connectivity index (χ0) is 21.5. The molecule has 0 aromatic carbocycles. The molecule has 1 aliphatic rings. The molecular formula is C21H27N3O5S. The summed E-state index contributed by atoms with van der Waals surface area (Å²) < 4.78 is 16.6. The number of aromatic nitrogens is 2. The van der Waals surface area contributed by atoms with Crippen LogP contribution in [0.5, 0.6) is 11.8 Å². The summed E-state index contributed by atoms with van der Waals surface area (Å²) in [7, 11) is 0. The van der Waals surface area contributed by atoms with Crippen molar-refractivity contribution in [2.75, 3.05) is 11.9 Å². The Morgan fingerprint density at radius 2 is 1.93 bits per heavy atom. The minimum atomic E-state index is -0.348. The maximum absolute atomic E-state index is 12.8. The fourth-order valence-corrected chi connectivity index (χ4v) is 3.83. The highest BCUT2D eigenvalue weighted by atomic mass is 32.1. The van der Waals surface area contributed by atoms with Gasteiger partial charge in [-0.3, -0.25) is 14.9 Å². The molecule has 162 valence electrons. The van der Waals surface area contributed by atoms with Crippen molar-refractivity contribution in [1.29, 1.82) is 0 Å². The Balaban J connectivity index is 1.72. The third-order valence-electron chi connectivity index (χ3n) is 4.39. The van der Waals surface area contributed by atoms with Gasteiger partial charge in [0.05, 0.1) is 30.4 Å². The van der Waals surface area contributed by atoms with E-state index in [1.807, 2.05) is 13.8 Å². The third kappa shape index (κ3) is 6.41. The zero-order valence-electron chi connectivity index (χ0n) is 17.5. The van der Waals surface area contributed by atoms with E-state index in [0.717, 1.165) is 25.7 Å². The van der Waals surface area contributed by atoms with Gasteiger partial charge in [0.1, 0.15) is 6.10 Å². The lowest BCUT2D eigenvalue weighted by molar-refractivity contribution is -0.142. The predicted molar refractivity (Wildman–Crippen MR) is 113 cm³/mol. The summed E-state index contributed by atoms with van der Waals surface area (Å²) in [6.07, 6.45) is 4.35. The molecule has 9 heteroatoms. The topological polar surface area (TPSA) is 99.6 Å². The molecule has 0 spiro atoms. The molecule has 2 heterocycles. The summed E-state index contributed by atoms with van der Waals surface area (Å²) in [6.45, 7) is 5.86. The van der Waals surface area contributed by atoms with E-state index in [4.69, 9.17) is 14.2 Å². The van der Waals surface area contributed by atoms with Crippen molar-refractivity contribution in [3.8, 4) is 11.8 Å². The summed E-state index contributed by atoms with van der Waals surface area (Å²) in [4.78, 5) is 33.1. The van der Waals surface area contributed by atoms with Crippen LogP contribution in [-0.2, 0) is 16.0 Å². The number of anilines is 1. The highest BCUT2D eigenvalue weighted by Crippen LogP contribution is 2.26. The number of hydrogen-bond donors (Lipinski definition) is 1. The van der Waals surface area contributed by atoms with Gasteiger partial charge in [0.25, 0.3) is 5.91 Å². The lowest BCUT2D eigenvalue weighted by Crippen LogP contribution is -2.16. The fourth-order valence-electron chi connectivity index (χ4n) is 3.13. The number of pyridine rings is 1. The van der Waals surface area contributed by atoms with Crippen molar-refractivity contribution in [3.63, 3.8) is 0 Å². The molecule has 8 nitrogen and oxygen atoms in total. The molecule has 1 amide bonds. The van der Waals surface area contributed by atoms with Gasteiger partial charge in [-0.15, -0.1) is 11.3 Å². The van der Waals surface area contributed by atoms with Gasteiger partial charge in [-0.05, 0) is 46.5 Å². The maximum Gasteiger partial charge on any atom is 0.311 e. The number of nitrogens with zero attached hydrogens (tertiary/aromatic N) is 2. The molecule has 2 aromatic rings. The first kappa shape index (κ1) is 22.0. The van der Waals surface area contributed by atoms with Crippen LogP contribution in [0, 0.1) is 0 Å². The Morgan fingerprint density at radius 3 is 2.63 bits per heavy atom. The van der Waals surface area contributed by atoms with Crippen LogP contribution in [0.1, 0.15) is 62.5 Å². The van der Waals surface area contributed by atoms with Gasteiger partial charge >= 0.3 is 5.97 Å². The quantitative estimate of drug-likeness (QED) is 0.597. The molecule has 0 atom stereocenters. The standard InChI is InChI=1S/C21H27N3O5S/c1-4-27-19(25)11-15-12-30-21(22-15)24-20(26)14-9-17(28-13(2)3)23-18(10-14)29-16-7-5-6-8-16/h9-10,12-13,16H,4-8,11H2,1-3H3,(H,22,24,26). The molecule has 0 unspecified atom stereocenters. The van der Waals surface area contributed by atoms with Crippen LogP contribution >= 0.6 is 11.3 Å². The number of hydrogen-bond acceptors (Lipinski definition) is 8. The first-order chi connectivity index (χ1) is 14.4. The molecule has 30 heavy (non-hydrogen) atoms. The predicted octanol–water partition coefficient (Wildman–Crippen LogP) is 4.00. The second-order valence-corrected chi connectivity index (χ2v) is 8.16. The number of nitrogens with one attached hydrogen (secondary N) is 1. The lowest BCUT2D eigenvalue weighted by atomic mass is 10.2. The van der Waals surface area contributed by atoms with E-state index >= 15 is 0 Å². The first-order valence-corrected chi connectivity index (χ1v) is 11.1. The summed E-state index contributed by atoms with van der Waals surface area (Å²) in [5.41, 5.74) is 0.924. The van der Waals surface area contributed by atoms with Crippen molar-refractivity contribution < 1.29 is 23.8 Å². The van der Waals surface area contributed by atoms with Crippen LogP contribution in [0.3, 0.4) is 0 Å². The second kappa shape index (κ2) is 10.4. The molecule has 0 bridgehead atoms. The van der Waals surface area contributed by atoms with Crippen molar-refractivity contribution >= 4 is 28.3 Å². The lowest BCUT2D eigenvalue weighted by Gasteiger charge is -2.15. The van der Waals surface area contributed by atoms with Gasteiger partial charge in [0, 0.05) is 17.5 Å². The summed E-state index contributed by atoms with van der Waals surface area (Å²) in [6, 6.07) is 3.21. The van der Waals surface area contributed by atoms with Crippen molar-refractivity contribution in [2.45, 2.75) is 65.1 Å². The van der Waals surface area contributed by atoms with Crippen LogP contribution in [0.15, 0.2) is 17.5 Å². The van der Waals surface area contributed by atoms with Gasteiger partial charge in [-0.2, -0.15) is 4.98 Å². The van der Waals surface area contributed by atoms with Crippen LogP contribution in [0.4, 0.5) is 5.13 Å². The summed E-state index contributed by atoms with van der Waals surface area (Å²) in [5.74, 6) is 0.0263. The van der Waals surface area contributed by atoms with E-state index in [1.54, 1.807) is 24.4 Å². The van der Waals surface area contributed by atoms with Gasteiger partial charge in [-0.25, -0.2) is 4.98 Å². The van der Waals surface area contributed by atoms with Crippen LogP contribution < -0.4 is 14.8 Å². The van der Waals surface area contributed by atoms with E-state index in [2.05, 4.69) is 15.3 Å². The smallest absolute Gasteiger partial charge is 0.311 e. The first-order valence-electron chi connectivity index (χ1n) is 10.2. The molecule has 1 saturated carbocycles. The van der Waals surface area contributed by atoms with E-state index in [-0.39, 0.29) is 30.5 Å². The number of ether oxygens (including phenoxy) is 3. The molecule has 1 N–H and O–H groups in total. The number of amides is 1. The molecule has 0 aliphatic heterocycles. The van der Waals surface area contributed by atoms with Crippen molar-refractivity contribution in [3.05, 3.63) is 28.8 Å². The Morgan fingerprint density at radius 1 is 1.20 bits per heavy atom. The maximum atomic E-state index is 12.8. The van der Waals surface area contributed by atoms with E-state index < -0.39 is 0 Å². The molecule has 1 fully saturated rings. The van der Waals surface area contributed by atoms with E-state index in [0.29, 0.717) is 34.8 Å². The minimum Gasteiger partial charge on any atom is -0.475 e. The van der Waals surface area contributed by atoms with Crippen LogP contribution in [0.25, 0.3) is 0 Å². The van der Waals surface area contributed by atoms with E-state index in [1.165, 1.54) is 11.3 Å². The summed E-state index contributed by atoms with van der Waals surface area (Å²) in [5, 5.41) is 4.89. The molecule has 3 rings (SSSR count). The number of carbonyl (C=O) groups is 2. The van der Waals surface area contributed by atoms with Gasteiger partial charge in [-0.1, -0.05) is 0 Å². The Bertz CT molecular complexity index is 877. The monoisotopic (exact) mass is 433 g/mol. The highest BCUT2D eigenvalue weighted by Gasteiger charge is 2.20. The Kier molecular flexibility index (Phi) is 7.62. The molecular weight excluding hydrogens is 406 g/mol. The number of carbonyl (C=O) groups excluding carboxylic acids is 2. The fraction of sp³-hybridized carbons (Fsp3) is 0.524. The van der Waals surface area contributed by atoms with E-state index in [9.17, 15) is 9.59 Å². The number of rotatable bonds is 9. The average Bonchev–Trinajstić information content (AvgIpc) is 3.33. The SMILES string of the molecule is CCOC(=O)Cc1csc(NC(=O)c2cc(OC(C)C)nc(OC3CCCC3)c2)n1. The Hall–Kier alpha value is -2.68. The second-order valence-electron chi connectivity index (χ2n) is 7.30. The molecule has 2 aromatic heterocycles. The average molecular weight is 434 g/mol. The number of esters is 1. The van der Waals surface area contributed by atoms with Crippen molar-refractivity contribution in [1.82, 2.24) is 9.97 Å². The Labute approximate surface area is 180 Å². The molecule has 0 radical (unpaired) electrons. The minimum absolute atomic E-state index is 0.0707. The van der Waals surface area contributed by atoms with Crippen molar-refractivity contribution in [2.24, 2.45) is 0 Å². The van der Waals surface area contributed by atoms with Gasteiger partial charge in [0.15, 0.2) is 5.13 Å². The van der Waals surface area contributed by atoms with Crippen LogP contribution in [0.2, 0.25) is 0 Å². The molecule has 0 saturated heterocycles. The highest BCUT2D eigenvalue weighted by molar-refractivity contribution is 7.14. The molecule has 1 aliphatic carbocycles.